The van der Waals surface area contributed by atoms with Crippen molar-refractivity contribution in [3.05, 3.63) is 35.4 Å². The summed E-state index contributed by atoms with van der Waals surface area (Å²) in [7, 11) is 0. The van der Waals surface area contributed by atoms with Crippen LogP contribution in [0.1, 0.15) is 40.0 Å². The van der Waals surface area contributed by atoms with Crippen LogP contribution in [0.15, 0.2) is 24.3 Å². The Morgan fingerprint density at radius 3 is 2.31 bits per heavy atom. The Balaban J connectivity index is 1.31. The van der Waals surface area contributed by atoms with E-state index >= 15 is 0 Å². The van der Waals surface area contributed by atoms with Gasteiger partial charge in [0.1, 0.15) is 0 Å². The van der Waals surface area contributed by atoms with Crippen molar-refractivity contribution < 1.29 is 33.6 Å². The van der Waals surface area contributed by atoms with Gasteiger partial charge in [0.15, 0.2) is 0 Å². The molecule has 9 heteroatoms. The standard InChI is InChI=1S/C17H18N2O7/c20-14-6-3-8-18(14)26-15(21)7-9-24-10-11-25-19-16(22)12-4-1-2-5-13(12)17(19)23/h1-2,4-5H,3,6-11H2. The fourth-order valence-electron chi connectivity index (χ4n) is 2.62. The lowest BCUT2D eigenvalue weighted by molar-refractivity contribution is -0.193. The van der Waals surface area contributed by atoms with Crippen LogP contribution in [0.25, 0.3) is 0 Å². The zero-order valence-corrected chi connectivity index (χ0v) is 14.0. The molecule has 1 aromatic rings. The number of benzene rings is 1. The van der Waals surface area contributed by atoms with Crippen molar-refractivity contribution in [2.24, 2.45) is 0 Å². The van der Waals surface area contributed by atoms with E-state index in [1.54, 1.807) is 24.3 Å². The summed E-state index contributed by atoms with van der Waals surface area (Å²) in [6.45, 7) is 0.556. The molecule has 0 saturated carbocycles. The number of carbonyl (C=O) groups excluding carboxylic acids is 4. The van der Waals surface area contributed by atoms with E-state index in [9.17, 15) is 19.2 Å². The van der Waals surface area contributed by atoms with Crippen LogP contribution < -0.4 is 0 Å². The van der Waals surface area contributed by atoms with Gasteiger partial charge in [-0.1, -0.05) is 12.1 Å². The van der Waals surface area contributed by atoms with Gasteiger partial charge in [-0.25, -0.2) is 4.79 Å². The highest BCUT2D eigenvalue weighted by atomic mass is 16.7. The molecule has 0 bridgehead atoms. The summed E-state index contributed by atoms with van der Waals surface area (Å²) >= 11 is 0. The van der Waals surface area contributed by atoms with E-state index < -0.39 is 17.8 Å². The molecule has 1 fully saturated rings. The Bertz CT molecular complexity index is 699. The lowest BCUT2D eigenvalue weighted by Gasteiger charge is -2.15. The van der Waals surface area contributed by atoms with Crippen LogP contribution in [-0.2, 0) is 24.0 Å². The lowest BCUT2D eigenvalue weighted by Crippen LogP contribution is -2.31. The molecular formula is C17H18N2O7. The highest BCUT2D eigenvalue weighted by Gasteiger charge is 2.36. The minimum Gasteiger partial charge on any atom is -0.378 e. The van der Waals surface area contributed by atoms with Crippen molar-refractivity contribution in [1.82, 2.24) is 10.1 Å². The predicted molar refractivity (Wildman–Crippen MR) is 85.4 cm³/mol. The maximum absolute atomic E-state index is 12.1. The SMILES string of the molecule is O=C(CCOCCON1C(=O)c2ccccc2C1=O)ON1CCCC1=O. The molecule has 0 atom stereocenters. The number of carbonyl (C=O) groups is 4. The average molecular weight is 362 g/mol. The van der Waals surface area contributed by atoms with Crippen LogP contribution in [0.4, 0.5) is 0 Å². The van der Waals surface area contributed by atoms with Gasteiger partial charge in [-0.15, -0.1) is 5.06 Å². The van der Waals surface area contributed by atoms with Gasteiger partial charge in [0, 0.05) is 6.42 Å². The van der Waals surface area contributed by atoms with E-state index in [1.807, 2.05) is 0 Å². The molecule has 3 amide bonds. The summed E-state index contributed by atoms with van der Waals surface area (Å²) in [6.07, 6.45) is 1.05. The molecule has 1 saturated heterocycles. The zero-order chi connectivity index (χ0) is 18.5. The van der Waals surface area contributed by atoms with Gasteiger partial charge in [-0.3, -0.25) is 19.2 Å². The summed E-state index contributed by atoms with van der Waals surface area (Å²) in [5.74, 6) is -1.77. The monoisotopic (exact) mass is 362 g/mol. The van der Waals surface area contributed by atoms with E-state index in [0.717, 1.165) is 5.06 Å². The highest BCUT2D eigenvalue weighted by Crippen LogP contribution is 2.22. The molecule has 2 heterocycles. The lowest BCUT2D eigenvalue weighted by atomic mass is 10.1. The van der Waals surface area contributed by atoms with E-state index in [1.165, 1.54) is 0 Å². The normalized spacial score (nSPS) is 16.4. The number of fused-ring (bicyclic) bond motifs is 1. The van der Waals surface area contributed by atoms with E-state index in [0.29, 0.717) is 35.6 Å². The second-order valence-corrected chi connectivity index (χ2v) is 5.71. The number of amides is 3. The van der Waals surface area contributed by atoms with Crippen LogP contribution >= 0.6 is 0 Å². The number of imide groups is 1. The van der Waals surface area contributed by atoms with Crippen molar-refractivity contribution in [2.45, 2.75) is 19.3 Å². The molecule has 0 radical (unpaired) electrons. The first-order valence-electron chi connectivity index (χ1n) is 8.27. The maximum atomic E-state index is 12.1. The molecule has 1 aromatic carbocycles. The Morgan fingerprint density at radius 1 is 1.00 bits per heavy atom. The minimum absolute atomic E-state index is 0.0171. The summed E-state index contributed by atoms with van der Waals surface area (Å²) in [4.78, 5) is 57.1. The summed E-state index contributed by atoms with van der Waals surface area (Å²) < 4.78 is 5.22. The molecule has 0 N–H and O–H groups in total. The Kier molecular flexibility index (Phi) is 5.59. The largest absolute Gasteiger partial charge is 0.378 e. The van der Waals surface area contributed by atoms with Crippen molar-refractivity contribution in [2.75, 3.05) is 26.4 Å². The molecule has 2 aliphatic heterocycles. The molecule has 0 aliphatic carbocycles. The highest BCUT2D eigenvalue weighted by molar-refractivity contribution is 6.20. The molecule has 26 heavy (non-hydrogen) atoms. The van der Waals surface area contributed by atoms with Gasteiger partial charge < -0.3 is 9.57 Å². The Hall–Kier alpha value is -2.78. The number of hydrogen-bond donors (Lipinski definition) is 0. The first-order valence-corrected chi connectivity index (χ1v) is 8.27. The topological polar surface area (TPSA) is 102 Å². The smallest absolute Gasteiger partial charge is 0.334 e. The first-order chi connectivity index (χ1) is 12.6. The Morgan fingerprint density at radius 2 is 1.69 bits per heavy atom. The summed E-state index contributed by atoms with van der Waals surface area (Å²) in [5.41, 5.74) is 0.607. The second-order valence-electron chi connectivity index (χ2n) is 5.71. The van der Waals surface area contributed by atoms with Crippen molar-refractivity contribution in [1.29, 1.82) is 0 Å². The van der Waals surface area contributed by atoms with Gasteiger partial charge >= 0.3 is 5.97 Å². The summed E-state index contributed by atoms with van der Waals surface area (Å²) in [6, 6.07) is 6.47. The van der Waals surface area contributed by atoms with Gasteiger partial charge in [0.25, 0.3) is 17.7 Å². The van der Waals surface area contributed by atoms with Crippen LogP contribution in [0.5, 0.6) is 0 Å². The van der Waals surface area contributed by atoms with Gasteiger partial charge in [-0.05, 0) is 18.6 Å². The molecule has 138 valence electrons. The molecular weight excluding hydrogens is 344 g/mol. The van der Waals surface area contributed by atoms with Crippen molar-refractivity contribution in [3.63, 3.8) is 0 Å². The third kappa shape index (κ3) is 3.89. The van der Waals surface area contributed by atoms with Crippen molar-refractivity contribution >= 4 is 23.7 Å². The van der Waals surface area contributed by atoms with Crippen LogP contribution in [0.2, 0.25) is 0 Å². The average Bonchev–Trinajstić information content (AvgIpc) is 3.14. The number of nitrogens with zero attached hydrogens (tertiary/aromatic N) is 2. The molecule has 0 aromatic heterocycles. The van der Waals surface area contributed by atoms with E-state index in [2.05, 4.69) is 0 Å². The fraction of sp³-hybridized carbons (Fsp3) is 0.412. The van der Waals surface area contributed by atoms with Gasteiger partial charge in [-0.2, -0.15) is 5.06 Å². The van der Waals surface area contributed by atoms with E-state index in [-0.39, 0.29) is 32.1 Å². The van der Waals surface area contributed by atoms with Crippen LogP contribution in [-0.4, -0.2) is 60.2 Å². The fourth-order valence-corrected chi connectivity index (χ4v) is 2.62. The first kappa shape index (κ1) is 18.0. The molecule has 0 spiro atoms. The number of hydrogen-bond acceptors (Lipinski definition) is 7. The van der Waals surface area contributed by atoms with E-state index in [4.69, 9.17) is 14.4 Å². The number of ether oxygens (including phenoxy) is 1. The van der Waals surface area contributed by atoms with Crippen molar-refractivity contribution in [3.8, 4) is 0 Å². The number of hydroxylamine groups is 4. The second kappa shape index (κ2) is 8.07. The quantitative estimate of drug-likeness (QED) is 0.495. The maximum Gasteiger partial charge on any atom is 0.334 e. The Labute approximate surface area is 149 Å². The molecule has 3 rings (SSSR count). The molecule has 0 unspecified atom stereocenters. The van der Waals surface area contributed by atoms with Gasteiger partial charge in [0.2, 0.25) is 0 Å². The third-order valence-corrected chi connectivity index (χ3v) is 3.90. The zero-order valence-electron chi connectivity index (χ0n) is 14.0. The molecule has 2 aliphatic rings. The minimum atomic E-state index is -0.554. The predicted octanol–water partition coefficient (Wildman–Crippen LogP) is 0.701. The van der Waals surface area contributed by atoms with Crippen LogP contribution in [0, 0.1) is 0 Å². The molecule has 9 nitrogen and oxygen atoms in total. The summed E-state index contributed by atoms with van der Waals surface area (Å²) in [5, 5.41) is 1.77. The van der Waals surface area contributed by atoms with Gasteiger partial charge in [0.05, 0.1) is 43.9 Å². The van der Waals surface area contributed by atoms with Crippen LogP contribution in [0.3, 0.4) is 0 Å². The number of rotatable bonds is 8. The third-order valence-electron chi connectivity index (χ3n) is 3.90.